The standard InChI is InChI=1S/C12H22N2O3/c1-4-12(2,3)8-13-11(17)14-7-5-6-9(14)10(15)16/h9H,4-8H2,1-3H3,(H,13,17)(H,15,16)/t9-/m0/s1. The van der Waals surface area contributed by atoms with Crippen molar-refractivity contribution in [1.29, 1.82) is 0 Å². The number of rotatable bonds is 4. The third-order valence-corrected chi connectivity index (χ3v) is 3.47. The Morgan fingerprint density at radius 2 is 2.12 bits per heavy atom. The first-order valence-corrected chi connectivity index (χ1v) is 6.14. The molecule has 5 nitrogen and oxygen atoms in total. The van der Waals surface area contributed by atoms with Crippen LogP contribution in [0.15, 0.2) is 0 Å². The monoisotopic (exact) mass is 242 g/mol. The summed E-state index contributed by atoms with van der Waals surface area (Å²) < 4.78 is 0. The van der Waals surface area contributed by atoms with Crippen molar-refractivity contribution in [3.63, 3.8) is 0 Å². The number of hydrogen-bond acceptors (Lipinski definition) is 2. The molecule has 0 spiro atoms. The maximum atomic E-state index is 11.9. The van der Waals surface area contributed by atoms with Gasteiger partial charge < -0.3 is 15.3 Å². The van der Waals surface area contributed by atoms with E-state index in [0.717, 1.165) is 12.8 Å². The van der Waals surface area contributed by atoms with Crippen LogP contribution in [0, 0.1) is 5.41 Å². The average Bonchev–Trinajstić information content (AvgIpc) is 2.75. The summed E-state index contributed by atoms with van der Waals surface area (Å²) >= 11 is 0. The molecular weight excluding hydrogens is 220 g/mol. The fourth-order valence-electron chi connectivity index (χ4n) is 1.81. The van der Waals surface area contributed by atoms with Gasteiger partial charge >= 0.3 is 12.0 Å². The third-order valence-electron chi connectivity index (χ3n) is 3.47. The van der Waals surface area contributed by atoms with E-state index in [2.05, 4.69) is 26.1 Å². The quantitative estimate of drug-likeness (QED) is 0.788. The highest BCUT2D eigenvalue weighted by atomic mass is 16.4. The van der Waals surface area contributed by atoms with Crippen LogP contribution in [0.4, 0.5) is 4.79 Å². The molecule has 0 bridgehead atoms. The van der Waals surface area contributed by atoms with E-state index in [-0.39, 0.29) is 11.4 Å². The van der Waals surface area contributed by atoms with Gasteiger partial charge in [0.1, 0.15) is 6.04 Å². The number of nitrogens with one attached hydrogen (secondary N) is 1. The predicted octanol–water partition coefficient (Wildman–Crippen LogP) is 1.68. The van der Waals surface area contributed by atoms with E-state index in [1.165, 1.54) is 4.90 Å². The number of carboxylic acid groups (broad SMARTS) is 1. The van der Waals surface area contributed by atoms with Crippen LogP contribution in [0.1, 0.15) is 40.0 Å². The number of urea groups is 1. The predicted molar refractivity (Wildman–Crippen MR) is 64.8 cm³/mol. The summed E-state index contributed by atoms with van der Waals surface area (Å²) in [6.07, 6.45) is 2.29. The van der Waals surface area contributed by atoms with Gasteiger partial charge in [-0.15, -0.1) is 0 Å². The fourth-order valence-corrected chi connectivity index (χ4v) is 1.81. The zero-order valence-electron chi connectivity index (χ0n) is 10.8. The van der Waals surface area contributed by atoms with E-state index in [0.29, 0.717) is 19.5 Å². The third kappa shape index (κ3) is 3.61. The van der Waals surface area contributed by atoms with Crippen molar-refractivity contribution in [3.05, 3.63) is 0 Å². The van der Waals surface area contributed by atoms with Crippen molar-refractivity contribution >= 4 is 12.0 Å². The Morgan fingerprint density at radius 3 is 2.65 bits per heavy atom. The lowest BCUT2D eigenvalue weighted by Crippen LogP contribution is -2.48. The first-order valence-electron chi connectivity index (χ1n) is 6.14. The van der Waals surface area contributed by atoms with E-state index >= 15 is 0 Å². The Morgan fingerprint density at radius 1 is 1.47 bits per heavy atom. The van der Waals surface area contributed by atoms with Gasteiger partial charge in [0.05, 0.1) is 0 Å². The lowest BCUT2D eigenvalue weighted by Gasteiger charge is -2.27. The normalized spacial score (nSPS) is 20.4. The molecule has 0 aliphatic carbocycles. The van der Waals surface area contributed by atoms with Crippen LogP contribution in [-0.2, 0) is 4.79 Å². The molecule has 0 aromatic heterocycles. The molecule has 5 heteroatoms. The van der Waals surface area contributed by atoms with E-state index in [1.54, 1.807) is 0 Å². The number of carbonyl (C=O) groups excluding carboxylic acids is 1. The van der Waals surface area contributed by atoms with Gasteiger partial charge in [-0.2, -0.15) is 0 Å². The highest BCUT2D eigenvalue weighted by Crippen LogP contribution is 2.20. The molecule has 0 aromatic rings. The van der Waals surface area contributed by atoms with E-state index in [9.17, 15) is 9.59 Å². The second kappa shape index (κ2) is 5.38. The Labute approximate surface area is 102 Å². The summed E-state index contributed by atoms with van der Waals surface area (Å²) in [4.78, 5) is 24.3. The largest absolute Gasteiger partial charge is 0.480 e. The van der Waals surface area contributed by atoms with Crippen LogP contribution in [-0.4, -0.2) is 41.1 Å². The minimum absolute atomic E-state index is 0.0497. The molecule has 17 heavy (non-hydrogen) atoms. The van der Waals surface area contributed by atoms with Crippen LogP contribution >= 0.6 is 0 Å². The molecule has 1 aliphatic rings. The molecular formula is C12H22N2O3. The first kappa shape index (κ1) is 13.8. The number of likely N-dealkylation sites (tertiary alicyclic amines) is 1. The number of hydrogen-bond donors (Lipinski definition) is 2. The summed E-state index contributed by atoms with van der Waals surface area (Å²) in [6.45, 7) is 7.33. The first-order chi connectivity index (χ1) is 7.87. The van der Waals surface area contributed by atoms with Crippen molar-refractivity contribution in [2.24, 2.45) is 5.41 Å². The minimum atomic E-state index is -0.910. The Hall–Kier alpha value is -1.26. The summed E-state index contributed by atoms with van der Waals surface area (Å²) in [5.74, 6) is -0.910. The van der Waals surface area contributed by atoms with E-state index < -0.39 is 12.0 Å². The molecule has 0 saturated carbocycles. The van der Waals surface area contributed by atoms with Crippen molar-refractivity contribution in [2.45, 2.75) is 46.1 Å². The molecule has 1 heterocycles. The number of aliphatic carboxylic acids is 1. The summed E-state index contributed by atoms with van der Waals surface area (Å²) in [5, 5.41) is 11.8. The molecule has 0 unspecified atom stereocenters. The molecule has 1 fully saturated rings. The maximum Gasteiger partial charge on any atom is 0.326 e. The van der Waals surface area contributed by atoms with Crippen LogP contribution in [0.3, 0.4) is 0 Å². The second-order valence-electron chi connectivity index (χ2n) is 5.37. The van der Waals surface area contributed by atoms with Gasteiger partial charge in [0.15, 0.2) is 0 Å². The van der Waals surface area contributed by atoms with Gasteiger partial charge in [0, 0.05) is 13.1 Å². The molecule has 0 radical (unpaired) electrons. The molecule has 2 amide bonds. The summed E-state index contributed by atoms with van der Waals surface area (Å²) in [5.41, 5.74) is 0.0497. The van der Waals surface area contributed by atoms with Gasteiger partial charge in [0.2, 0.25) is 0 Å². The van der Waals surface area contributed by atoms with E-state index in [1.807, 2.05) is 0 Å². The van der Waals surface area contributed by atoms with Crippen LogP contribution in [0.5, 0.6) is 0 Å². The average molecular weight is 242 g/mol. The maximum absolute atomic E-state index is 11.9. The fraction of sp³-hybridized carbons (Fsp3) is 0.833. The highest BCUT2D eigenvalue weighted by Gasteiger charge is 2.34. The Bertz CT molecular complexity index is 302. The molecule has 1 saturated heterocycles. The molecule has 98 valence electrons. The van der Waals surface area contributed by atoms with Gasteiger partial charge in [0.25, 0.3) is 0 Å². The zero-order valence-corrected chi connectivity index (χ0v) is 10.8. The Balaban J connectivity index is 2.50. The van der Waals surface area contributed by atoms with Crippen molar-refractivity contribution < 1.29 is 14.7 Å². The zero-order chi connectivity index (χ0) is 13.1. The Kier molecular flexibility index (Phi) is 4.37. The van der Waals surface area contributed by atoms with Crippen LogP contribution in [0.25, 0.3) is 0 Å². The van der Waals surface area contributed by atoms with Gasteiger partial charge in [-0.05, 0) is 24.7 Å². The van der Waals surface area contributed by atoms with Gasteiger partial charge in [-0.1, -0.05) is 20.8 Å². The van der Waals surface area contributed by atoms with Gasteiger partial charge in [-0.25, -0.2) is 9.59 Å². The smallest absolute Gasteiger partial charge is 0.326 e. The number of amides is 2. The molecule has 1 rings (SSSR count). The number of nitrogens with zero attached hydrogens (tertiary/aromatic N) is 1. The minimum Gasteiger partial charge on any atom is -0.480 e. The lowest BCUT2D eigenvalue weighted by atomic mass is 9.90. The number of carboxylic acids is 1. The summed E-state index contributed by atoms with van der Waals surface area (Å²) in [7, 11) is 0. The van der Waals surface area contributed by atoms with Crippen molar-refractivity contribution in [2.75, 3.05) is 13.1 Å². The molecule has 1 atom stereocenters. The van der Waals surface area contributed by atoms with Crippen molar-refractivity contribution in [1.82, 2.24) is 10.2 Å². The van der Waals surface area contributed by atoms with Crippen LogP contribution in [0.2, 0.25) is 0 Å². The summed E-state index contributed by atoms with van der Waals surface area (Å²) in [6, 6.07) is -0.906. The topological polar surface area (TPSA) is 69.6 Å². The van der Waals surface area contributed by atoms with Crippen molar-refractivity contribution in [3.8, 4) is 0 Å². The van der Waals surface area contributed by atoms with Crippen LogP contribution < -0.4 is 5.32 Å². The molecule has 2 N–H and O–H groups in total. The molecule has 1 aliphatic heterocycles. The van der Waals surface area contributed by atoms with Gasteiger partial charge in [-0.3, -0.25) is 0 Å². The number of carbonyl (C=O) groups is 2. The lowest BCUT2D eigenvalue weighted by molar-refractivity contribution is -0.141. The SMILES string of the molecule is CCC(C)(C)CNC(=O)N1CCC[C@H]1C(=O)O. The van der Waals surface area contributed by atoms with E-state index in [4.69, 9.17) is 5.11 Å². The highest BCUT2D eigenvalue weighted by molar-refractivity contribution is 5.83. The second-order valence-corrected chi connectivity index (χ2v) is 5.37. The molecule has 0 aromatic carbocycles.